The molecule has 4 rings (SSSR count). The van der Waals surface area contributed by atoms with E-state index in [1.807, 2.05) is 18.5 Å². The van der Waals surface area contributed by atoms with Crippen molar-refractivity contribution in [1.29, 1.82) is 0 Å². The van der Waals surface area contributed by atoms with Crippen molar-refractivity contribution in [1.82, 2.24) is 9.55 Å². The van der Waals surface area contributed by atoms with Gasteiger partial charge in [-0.25, -0.2) is 13.8 Å². The second-order valence-electron chi connectivity index (χ2n) is 6.78. The summed E-state index contributed by atoms with van der Waals surface area (Å²) in [6, 6.07) is 6.41. The second-order valence-corrected chi connectivity index (χ2v) is 6.78. The summed E-state index contributed by atoms with van der Waals surface area (Å²) < 4.78 is 34.8. The zero-order valence-corrected chi connectivity index (χ0v) is 15.2. The summed E-state index contributed by atoms with van der Waals surface area (Å²) in [7, 11) is 3.32. The Kier molecular flexibility index (Phi) is 4.09. The number of aromatic nitrogens is 2. The molecule has 7 heteroatoms. The van der Waals surface area contributed by atoms with Crippen LogP contribution in [0.25, 0.3) is 22.2 Å². The Morgan fingerprint density at radius 1 is 1.41 bits per heavy atom. The first kappa shape index (κ1) is 17.5. The number of carbonyl (C=O) groups is 1. The maximum atomic E-state index is 14.6. The van der Waals surface area contributed by atoms with Crippen LogP contribution in [0.4, 0.5) is 14.6 Å². The fourth-order valence-corrected chi connectivity index (χ4v) is 3.49. The lowest BCUT2D eigenvalue weighted by molar-refractivity contribution is -0.117. The molecule has 1 aliphatic carbocycles. The van der Waals surface area contributed by atoms with Crippen molar-refractivity contribution in [3.05, 3.63) is 41.8 Å². The van der Waals surface area contributed by atoms with Crippen LogP contribution in [0.2, 0.25) is 0 Å². The number of methoxy groups -OCH3 is 1. The summed E-state index contributed by atoms with van der Waals surface area (Å²) in [5, 5.41) is 3.49. The van der Waals surface area contributed by atoms with Gasteiger partial charge in [0.2, 0.25) is 5.91 Å². The molecule has 1 aliphatic rings. The number of fused-ring (bicyclic) bond motifs is 1. The zero-order chi connectivity index (χ0) is 19.3. The van der Waals surface area contributed by atoms with Gasteiger partial charge in [0, 0.05) is 24.7 Å². The van der Waals surface area contributed by atoms with E-state index in [2.05, 4.69) is 10.3 Å². The lowest BCUT2D eigenvalue weighted by Gasteiger charge is -2.12. The van der Waals surface area contributed by atoms with Gasteiger partial charge >= 0.3 is 0 Å². The van der Waals surface area contributed by atoms with Crippen LogP contribution in [0, 0.1) is 18.7 Å². The van der Waals surface area contributed by atoms with Crippen LogP contribution in [0.15, 0.2) is 30.5 Å². The predicted molar refractivity (Wildman–Crippen MR) is 99.0 cm³/mol. The Hall–Kier alpha value is -2.96. The highest BCUT2D eigenvalue weighted by Gasteiger charge is 2.43. The smallest absolute Gasteiger partial charge is 0.231 e. The molecule has 27 heavy (non-hydrogen) atoms. The number of nitrogens with zero attached hydrogens (tertiary/aromatic N) is 2. The van der Waals surface area contributed by atoms with Gasteiger partial charge < -0.3 is 14.6 Å². The molecule has 2 atom stereocenters. The van der Waals surface area contributed by atoms with Gasteiger partial charge in [0.1, 0.15) is 23.6 Å². The number of ether oxygens (including phenoxy) is 1. The monoisotopic (exact) mass is 371 g/mol. The molecule has 0 aliphatic heterocycles. The summed E-state index contributed by atoms with van der Waals surface area (Å²) in [5.41, 5.74) is 2.69. The third-order valence-corrected chi connectivity index (χ3v) is 5.07. The highest BCUT2D eigenvalue weighted by molar-refractivity contribution is 5.97. The number of aryl methyl sites for hydroxylation is 2. The first-order chi connectivity index (χ1) is 12.9. The molecule has 2 heterocycles. The molecule has 1 aromatic carbocycles. The number of hydrogen-bond donors (Lipinski definition) is 1. The first-order valence-electron chi connectivity index (χ1n) is 8.65. The minimum absolute atomic E-state index is 0.258. The number of anilines is 1. The van der Waals surface area contributed by atoms with Crippen LogP contribution in [-0.4, -0.2) is 28.7 Å². The normalized spacial score (nSPS) is 18.6. The van der Waals surface area contributed by atoms with E-state index in [1.54, 1.807) is 24.4 Å². The lowest BCUT2D eigenvalue weighted by Crippen LogP contribution is -2.15. The van der Waals surface area contributed by atoms with Crippen LogP contribution >= 0.6 is 0 Å². The minimum Gasteiger partial charge on any atom is -0.496 e. The molecule has 3 aromatic rings. The molecular weight excluding hydrogens is 352 g/mol. The van der Waals surface area contributed by atoms with Gasteiger partial charge in [-0.15, -0.1) is 0 Å². The third-order valence-electron chi connectivity index (χ3n) is 5.07. The van der Waals surface area contributed by atoms with E-state index in [1.165, 1.54) is 13.2 Å². The van der Waals surface area contributed by atoms with Crippen molar-refractivity contribution in [3.63, 3.8) is 0 Å². The summed E-state index contributed by atoms with van der Waals surface area (Å²) >= 11 is 0. The summed E-state index contributed by atoms with van der Waals surface area (Å²) in [6.45, 7) is 1.89. The Bertz CT molecular complexity index is 1060. The third kappa shape index (κ3) is 2.83. The van der Waals surface area contributed by atoms with Crippen molar-refractivity contribution in [3.8, 4) is 17.0 Å². The lowest BCUT2D eigenvalue weighted by atomic mass is 10.1. The summed E-state index contributed by atoms with van der Waals surface area (Å²) in [5.74, 6) is -0.549. The quantitative estimate of drug-likeness (QED) is 0.754. The molecule has 0 spiro atoms. The maximum absolute atomic E-state index is 14.6. The van der Waals surface area contributed by atoms with E-state index in [9.17, 15) is 13.6 Å². The zero-order valence-electron chi connectivity index (χ0n) is 15.2. The molecule has 140 valence electrons. The van der Waals surface area contributed by atoms with Crippen LogP contribution in [0.5, 0.6) is 5.75 Å². The van der Waals surface area contributed by atoms with Gasteiger partial charge in [-0.1, -0.05) is 6.07 Å². The van der Waals surface area contributed by atoms with Gasteiger partial charge in [0.05, 0.1) is 29.8 Å². The largest absolute Gasteiger partial charge is 0.496 e. The second kappa shape index (κ2) is 6.33. The highest BCUT2D eigenvalue weighted by Crippen LogP contribution is 2.39. The Labute approximate surface area is 155 Å². The fourth-order valence-electron chi connectivity index (χ4n) is 3.49. The SMILES string of the molecule is COc1cccc(F)c1-c1c(C)c2cnc(NC(=O)[C@H]3C[C@H]3F)cc2n1C. The Morgan fingerprint density at radius 2 is 2.15 bits per heavy atom. The fraction of sp³-hybridized carbons (Fsp3) is 0.300. The average molecular weight is 371 g/mol. The van der Waals surface area contributed by atoms with Crippen molar-refractivity contribution in [2.75, 3.05) is 12.4 Å². The Morgan fingerprint density at radius 3 is 2.81 bits per heavy atom. The predicted octanol–water partition coefficient (Wildman–Crippen LogP) is 3.99. The number of nitrogens with one attached hydrogen (secondary N) is 1. The average Bonchev–Trinajstić information content (AvgIpc) is 3.34. The number of alkyl halides is 1. The summed E-state index contributed by atoms with van der Waals surface area (Å²) in [4.78, 5) is 16.2. The number of benzene rings is 1. The molecule has 1 N–H and O–H groups in total. The van der Waals surface area contributed by atoms with E-state index in [-0.39, 0.29) is 18.1 Å². The van der Waals surface area contributed by atoms with Crippen molar-refractivity contribution >= 4 is 22.6 Å². The van der Waals surface area contributed by atoms with Crippen LogP contribution in [-0.2, 0) is 11.8 Å². The van der Waals surface area contributed by atoms with Gasteiger partial charge in [-0.3, -0.25) is 4.79 Å². The van der Waals surface area contributed by atoms with E-state index in [0.29, 0.717) is 22.8 Å². The van der Waals surface area contributed by atoms with Crippen LogP contribution in [0.3, 0.4) is 0 Å². The molecule has 0 bridgehead atoms. The van der Waals surface area contributed by atoms with Crippen LogP contribution in [0.1, 0.15) is 12.0 Å². The molecule has 5 nitrogen and oxygen atoms in total. The number of pyridine rings is 1. The van der Waals surface area contributed by atoms with Gasteiger partial charge in [0.15, 0.2) is 0 Å². The first-order valence-corrected chi connectivity index (χ1v) is 8.65. The molecule has 2 aromatic heterocycles. The molecule has 1 amide bonds. The molecule has 0 unspecified atom stereocenters. The van der Waals surface area contributed by atoms with E-state index in [4.69, 9.17) is 4.74 Å². The molecule has 1 fully saturated rings. The summed E-state index contributed by atoms with van der Waals surface area (Å²) in [6.07, 6.45) is 0.831. The topological polar surface area (TPSA) is 56.1 Å². The molecule has 0 saturated heterocycles. The number of rotatable bonds is 4. The van der Waals surface area contributed by atoms with Crippen molar-refractivity contribution in [2.45, 2.75) is 19.5 Å². The number of hydrogen-bond acceptors (Lipinski definition) is 3. The van der Waals surface area contributed by atoms with Gasteiger partial charge in [-0.2, -0.15) is 0 Å². The number of halogens is 2. The van der Waals surface area contributed by atoms with Crippen molar-refractivity contribution in [2.24, 2.45) is 13.0 Å². The van der Waals surface area contributed by atoms with Crippen LogP contribution < -0.4 is 10.1 Å². The maximum Gasteiger partial charge on any atom is 0.231 e. The number of carbonyl (C=O) groups excluding carboxylic acids is 1. The highest BCUT2D eigenvalue weighted by atomic mass is 19.1. The standard InChI is InChI=1S/C20H19F2N3O2/c1-10-12-9-23-17(24-20(26)11-7-14(11)22)8-15(12)25(2)19(10)18-13(21)5-4-6-16(18)27-3/h4-6,8-9,11,14H,7H2,1-3H3,(H,23,24,26)/t11-,14+/m0/s1. The van der Waals surface area contributed by atoms with E-state index >= 15 is 0 Å². The molecule has 0 radical (unpaired) electrons. The minimum atomic E-state index is -1.06. The molecular formula is C20H19F2N3O2. The van der Waals surface area contributed by atoms with E-state index in [0.717, 1.165) is 16.5 Å². The van der Waals surface area contributed by atoms with Gasteiger partial charge in [-0.05, 0) is 31.0 Å². The molecule has 1 saturated carbocycles. The van der Waals surface area contributed by atoms with Crippen molar-refractivity contribution < 1.29 is 18.3 Å². The van der Waals surface area contributed by atoms with E-state index < -0.39 is 12.1 Å². The van der Waals surface area contributed by atoms with Gasteiger partial charge in [0.25, 0.3) is 0 Å². The Balaban J connectivity index is 1.81. The number of amides is 1.